The zero-order valence-electron chi connectivity index (χ0n) is 19.1. The molecule has 0 aromatic carbocycles. The summed E-state index contributed by atoms with van der Waals surface area (Å²) >= 11 is 0. The van der Waals surface area contributed by atoms with E-state index in [0.29, 0.717) is 19.4 Å². The van der Waals surface area contributed by atoms with Gasteiger partial charge in [-0.3, -0.25) is 14.4 Å². The summed E-state index contributed by atoms with van der Waals surface area (Å²) < 4.78 is 0. The minimum Gasteiger partial charge on any atom is -0.480 e. The summed E-state index contributed by atoms with van der Waals surface area (Å²) in [5.41, 5.74) is 0. The predicted molar refractivity (Wildman–Crippen MR) is 115 cm³/mol. The highest BCUT2D eigenvalue weighted by Gasteiger charge is 2.34. The molecule has 10 nitrogen and oxygen atoms in total. The molecule has 0 aromatic rings. The molecule has 1 fully saturated rings. The van der Waals surface area contributed by atoms with Crippen molar-refractivity contribution in [3.05, 3.63) is 0 Å². The third kappa shape index (κ3) is 8.45. The van der Waals surface area contributed by atoms with Gasteiger partial charge in [0.05, 0.1) is 12.1 Å². The molecule has 1 aliphatic heterocycles. The lowest BCUT2D eigenvalue weighted by Crippen LogP contribution is -2.60. The zero-order valence-corrected chi connectivity index (χ0v) is 19.1. The zero-order chi connectivity index (χ0) is 23.7. The van der Waals surface area contributed by atoms with Gasteiger partial charge in [0, 0.05) is 0 Å². The molecular formula is C21H38N4O6. The molecule has 0 spiro atoms. The van der Waals surface area contributed by atoms with Crippen LogP contribution in [0.15, 0.2) is 0 Å². The maximum atomic E-state index is 12.8. The van der Waals surface area contributed by atoms with E-state index in [1.54, 1.807) is 6.92 Å². The average Bonchev–Trinajstić information content (AvgIpc) is 3.22. The van der Waals surface area contributed by atoms with E-state index in [1.165, 1.54) is 6.92 Å². The lowest BCUT2D eigenvalue weighted by Gasteiger charge is -2.28. The first kappa shape index (κ1) is 26.8. The quantitative estimate of drug-likeness (QED) is 0.243. The van der Waals surface area contributed by atoms with Crippen molar-refractivity contribution in [1.29, 1.82) is 0 Å². The van der Waals surface area contributed by atoms with E-state index in [4.69, 9.17) is 0 Å². The van der Waals surface area contributed by atoms with Crippen LogP contribution in [0.5, 0.6) is 0 Å². The molecule has 178 valence electrons. The second kappa shape index (κ2) is 12.6. The lowest BCUT2D eigenvalue weighted by atomic mass is 9.97. The van der Waals surface area contributed by atoms with Gasteiger partial charge in [-0.15, -0.1) is 0 Å². The highest BCUT2D eigenvalue weighted by molar-refractivity contribution is 5.94. The van der Waals surface area contributed by atoms with Gasteiger partial charge in [0.25, 0.3) is 0 Å². The van der Waals surface area contributed by atoms with Gasteiger partial charge in [-0.25, -0.2) is 4.79 Å². The molecule has 1 saturated heterocycles. The number of hydrogen-bond acceptors (Lipinski definition) is 6. The fourth-order valence-corrected chi connectivity index (χ4v) is 3.47. The second-order valence-corrected chi connectivity index (χ2v) is 8.78. The predicted octanol–water partition coefficient (Wildman–Crippen LogP) is -0.250. The number of carbonyl (C=O) groups is 4. The Balaban J connectivity index is 2.91. The molecule has 0 bridgehead atoms. The largest absolute Gasteiger partial charge is 0.480 e. The summed E-state index contributed by atoms with van der Waals surface area (Å²) in [5.74, 6) is -3.09. The molecule has 3 amide bonds. The van der Waals surface area contributed by atoms with E-state index in [9.17, 15) is 29.4 Å². The number of aliphatic carboxylic acids is 1. The standard InChI is InChI=1S/C21H38N4O6/c1-6-12(4)16(21(30)31)24-19(28)15(10-11(2)3)23-20(29)17(13(5)26)25-18(27)14-8-7-9-22-14/h11-17,22,26H,6-10H2,1-5H3,(H,23,29)(H,24,28)(H,25,27)(H,30,31). The van der Waals surface area contributed by atoms with Gasteiger partial charge in [0.2, 0.25) is 17.7 Å². The minimum atomic E-state index is -1.23. The van der Waals surface area contributed by atoms with Gasteiger partial charge in [-0.2, -0.15) is 0 Å². The summed E-state index contributed by atoms with van der Waals surface area (Å²) in [6, 6.07) is -3.73. The Kier molecular flexibility index (Phi) is 10.9. The van der Waals surface area contributed by atoms with Gasteiger partial charge < -0.3 is 31.5 Å². The van der Waals surface area contributed by atoms with Gasteiger partial charge in [0.15, 0.2) is 0 Å². The van der Waals surface area contributed by atoms with Crippen LogP contribution in [0.1, 0.15) is 60.3 Å². The number of carboxylic acids is 1. The number of rotatable bonds is 12. The molecule has 0 aliphatic carbocycles. The summed E-state index contributed by atoms with van der Waals surface area (Å²) in [7, 11) is 0. The molecule has 10 heteroatoms. The number of hydrogen-bond donors (Lipinski definition) is 6. The van der Waals surface area contributed by atoms with Crippen LogP contribution in [0.3, 0.4) is 0 Å². The summed E-state index contributed by atoms with van der Waals surface area (Å²) in [6.07, 6.45) is 1.14. The SMILES string of the molecule is CCC(C)C(NC(=O)C(CC(C)C)NC(=O)C(NC(=O)C1CCCN1)C(C)O)C(=O)O. The molecule has 6 unspecified atom stereocenters. The average molecular weight is 443 g/mol. The van der Waals surface area contributed by atoms with Crippen LogP contribution in [0.25, 0.3) is 0 Å². The Bertz CT molecular complexity index is 633. The first-order chi connectivity index (χ1) is 14.5. The Morgan fingerprint density at radius 1 is 1.00 bits per heavy atom. The number of aliphatic hydroxyl groups is 1. The molecule has 1 aliphatic rings. The van der Waals surface area contributed by atoms with E-state index in [-0.39, 0.29) is 24.2 Å². The summed E-state index contributed by atoms with van der Waals surface area (Å²) in [5, 5.41) is 30.2. The van der Waals surface area contributed by atoms with Crippen molar-refractivity contribution in [2.75, 3.05) is 6.54 Å². The Labute approximate surface area is 183 Å². The second-order valence-electron chi connectivity index (χ2n) is 8.78. The van der Waals surface area contributed by atoms with Crippen LogP contribution in [-0.2, 0) is 19.2 Å². The molecule has 0 saturated carbocycles. The monoisotopic (exact) mass is 442 g/mol. The van der Waals surface area contributed by atoms with Crippen molar-refractivity contribution in [3.63, 3.8) is 0 Å². The van der Waals surface area contributed by atoms with Crippen LogP contribution in [-0.4, -0.2) is 70.7 Å². The number of nitrogens with one attached hydrogen (secondary N) is 4. The Morgan fingerprint density at radius 3 is 2.10 bits per heavy atom. The minimum absolute atomic E-state index is 0.0326. The maximum absolute atomic E-state index is 12.8. The maximum Gasteiger partial charge on any atom is 0.326 e. The number of carbonyl (C=O) groups excluding carboxylic acids is 3. The normalized spacial score (nSPS) is 20.9. The van der Waals surface area contributed by atoms with Crippen molar-refractivity contribution in [3.8, 4) is 0 Å². The first-order valence-corrected chi connectivity index (χ1v) is 11.0. The fourth-order valence-electron chi connectivity index (χ4n) is 3.47. The third-order valence-corrected chi connectivity index (χ3v) is 5.56. The summed E-state index contributed by atoms with van der Waals surface area (Å²) in [6.45, 7) is 9.39. The first-order valence-electron chi connectivity index (χ1n) is 11.0. The van der Waals surface area contributed by atoms with Crippen molar-refractivity contribution < 1.29 is 29.4 Å². The Hall–Kier alpha value is -2.20. The van der Waals surface area contributed by atoms with Crippen molar-refractivity contribution in [2.24, 2.45) is 11.8 Å². The van der Waals surface area contributed by atoms with Gasteiger partial charge in [-0.1, -0.05) is 34.1 Å². The van der Waals surface area contributed by atoms with E-state index in [0.717, 1.165) is 6.42 Å². The van der Waals surface area contributed by atoms with Gasteiger partial charge in [0.1, 0.15) is 18.1 Å². The molecule has 0 aromatic heterocycles. The van der Waals surface area contributed by atoms with Crippen molar-refractivity contribution in [2.45, 2.75) is 90.6 Å². The van der Waals surface area contributed by atoms with Crippen molar-refractivity contribution in [1.82, 2.24) is 21.3 Å². The van der Waals surface area contributed by atoms with Crippen LogP contribution in [0.2, 0.25) is 0 Å². The highest BCUT2D eigenvalue weighted by Crippen LogP contribution is 2.11. The molecule has 31 heavy (non-hydrogen) atoms. The van der Waals surface area contributed by atoms with E-state index in [1.807, 2.05) is 20.8 Å². The van der Waals surface area contributed by atoms with E-state index in [2.05, 4.69) is 21.3 Å². The van der Waals surface area contributed by atoms with Crippen LogP contribution >= 0.6 is 0 Å². The van der Waals surface area contributed by atoms with Gasteiger partial charge in [-0.05, 0) is 44.6 Å². The molecule has 0 radical (unpaired) electrons. The smallest absolute Gasteiger partial charge is 0.326 e. The van der Waals surface area contributed by atoms with Crippen LogP contribution < -0.4 is 21.3 Å². The van der Waals surface area contributed by atoms with Crippen LogP contribution in [0.4, 0.5) is 0 Å². The van der Waals surface area contributed by atoms with Crippen molar-refractivity contribution >= 4 is 23.7 Å². The number of amides is 3. The molecule has 6 atom stereocenters. The topological polar surface area (TPSA) is 157 Å². The lowest BCUT2D eigenvalue weighted by molar-refractivity contribution is -0.144. The number of aliphatic hydroxyl groups excluding tert-OH is 1. The molecule has 6 N–H and O–H groups in total. The van der Waals surface area contributed by atoms with Crippen LogP contribution in [0, 0.1) is 11.8 Å². The van der Waals surface area contributed by atoms with E-state index >= 15 is 0 Å². The van der Waals surface area contributed by atoms with Gasteiger partial charge >= 0.3 is 5.97 Å². The third-order valence-electron chi connectivity index (χ3n) is 5.56. The molecule has 1 heterocycles. The molecule has 1 rings (SSSR count). The van der Waals surface area contributed by atoms with E-state index < -0.39 is 48.1 Å². The highest BCUT2D eigenvalue weighted by atomic mass is 16.4. The number of carboxylic acid groups (broad SMARTS) is 1. The summed E-state index contributed by atoms with van der Waals surface area (Å²) in [4.78, 5) is 49.6. The molecular weight excluding hydrogens is 404 g/mol. The Morgan fingerprint density at radius 2 is 1.65 bits per heavy atom. The fraction of sp³-hybridized carbons (Fsp3) is 0.810.